The zero-order valence-corrected chi connectivity index (χ0v) is 23.7. The summed E-state index contributed by atoms with van der Waals surface area (Å²) in [6.45, 7) is 11.9. The molecule has 6 rings (SSSR count). The number of nitrogens with zero attached hydrogens (tertiary/aromatic N) is 6. The number of nitriles is 1. The molecule has 2 saturated heterocycles. The molecule has 0 spiro atoms. The number of likely N-dealkylation sites (N-methyl/N-ethyl adjacent to an activating group) is 1. The number of hydrogen-bond donors (Lipinski definition) is 0. The largest absolute Gasteiger partial charge is 0.333 e. The van der Waals surface area contributed by atoms with Gasteiger partial charge in [-0.25, -0.2) is 9.88 Å². The lowest BCUT2D eigenvalue weighted by Crippen LogP contribution is -2.52. The zero-order chi connectivity index (χ0) is 28.0. The molecule has 0 bridgehead atoms. The fraction of sp³-hybridized carbons (Fsp3) is 0.448. The molecule has 2 aliphatic heterocycles. The molecule has 1 saturated carbocycles. The quantitative estimate of drug-likeness (QED) is 0.463. The molecule has 3 aromatic rings. The number of carbonyl (C=O) groups excluding carboxylic acids is 3. The van der Waals surface area contributed by atoms with E-state index in [2.05, 4.69) is 20.9 Å². The number of amides is 3. The van der Waals surface area contributed by atoms with Crippen molar-refractivity contribution >= 4 is 45.0 Å². The minimum absolute atomic E-state index is 0.0524. The van der Waals surface area contributed by atoms with Crippen molar-refractivity contribution in [2.45, 2.75) is 40.7 Å². The van der Waals surface area contributed by atoms with Gasteiger partial charge in [-0.2, -0.15) is 5.26 Å². The Morgan fingerprint density at radius 3 is 2.49 bits per heavy atom. The van der Waals surface area contributed by atoms with E-state index in [1.807, 2.05) is 52.6 Å². The van der Waals surface area contributed by atoms with Crippen molar-refractivity contribution in [2.75, 3.05) is 31.6 Å². The third-order valence-corrected chi connectivity index (χ3v) is 9.89. The van der Waals surface area contributed by atoms with Crippen LogP contribution in [0.1, 0.15) is 47.3 Å². The van der Waals surface area contributed by atoms with Crippen LogP contribution in [0.25, 0.3) is 21.3 Å². The van der Waals surface area contributed by atoms with Gasteiger partial charge in [0.1, 0.15) is 17.3 Å². The molecule has 2 unspecified atom stereocenters. The zero-order valence-electron chi connectivity index (χ0n) is 22.9. The number of anilines is 1. The van der Waals surface area contributed by atoms with Gasteiger partial charge in [-0.15, -0.1) is 11.3 Å². The van der Waals surface area contributed by atoms with Gasteiger partial charge in [0.2, 0.25) is 11.8 Å². The van der Waals surface area contributed by atoms with Crippen LogP contribution < -0.4 is 4.90 Å². The van der Waals surface area contributed by atoms with Crippen LogP contribution in [0.4, 0.5) is 5.69 Å². The molecule has 3 amide bonds. The SMILES string of the molecule is Cc1sc2c(-c3c(C#N)ncc(C(=O)N4CCN(C)C[C@@H]4C)c3C)ccnc2c1N1C(=O)C2C(C1=O)C2(C)C. The number of rotatable bonds is 3. The minimum atomic E-state index is -0.304. The molecule has 0 aromatic carbocycles. The summed E-state index contributed by atoms with van der Waals surface area (Å²) in [5.41, 5.74) is 3.41. The first-order valence-corrected chi connectivity index (χ1v) is 14.0. The van der Waals surface area contributed by atoms with Crippen molar-refractivity contribution in [1.82, 2.24) is 19.8 Å². The molecular weight excluding hydrogens is 512 g/mol. The lowest BCUT2D eigenvalue weighted by atomic mass is 9.95. The number of fused-ring (bicyclic) bond motifs is 2. The molecule has 5 heterocycles. The molecule has 3 atom stereocenters. The number of aromatic nitrogens is 2. The van der Waals surface area contributed by atoms with Crippen molar-refractivity contribution in [3.05, 3.63) is 40.2 Å². The molecule has 3 aromatic heterocycles. The number of thiophene rings is 1. The van der Waals surface area contributed by atoms with Crippen LogP contribution in [0.3, 0.4) is 0 Å². The molecule has 1 aliphatic carbocycles. The summed E-state index contributed by atoms with van der Waals surface area (Å²) < 4.78 is 0.754. The van der Waals surface area contributed by atoms with E-state index in [1.165, 1.54) is 22.4 Å². The van der Waals surface area contributed by atoms with E-state index in [0.717, 1.165) is 22.7 Å². The number of hydrogen-bond acceptors (Lipinski definition) is 8. The summed E-state index contributed by atoms with van der Waals surface area (Å²) in [6.07, 6.45) is 3.13. The molecule has 200 valence electrons. The maximum absolute atomic E-state index is 13.7. The average molecular weight is 543 g/mol. The van der Waals surface area contributed by atoms with Crippen LogP contribution in [0.15, 0.2) is 18.5 Å². The van der Waals surface area contributed by atoms with Crippen molar-refractivity contribution in [1.29, 1.82) is 5.26 Å². The molecule has 39 heavy (non-hydrogen) atoms. The second-order valence-corrected chi connectivity index (χ2v) is 12.8. The Balaban J connectivity index is 1.47. The summed E-state index contributed by atoms with van der Waals surface area (Å²) in [7, 11) is 2.05. The number of piperidine rings is 1. The first kappa shape index (κ1) is 25.6. The number of pyridine rings is 2. The molecular formula is C29H30N6O3S. The first-order chi connectivity index (χ1) is 18.5. The Bertz CT molecular complexity index is 1610. The van der Waals surface area contributed by atoms with Crippen LogP contribution in [0.5, 0.6) is 0 Å². The van der Waals surface area contributed by atoms with E-state index in [-0.39, 0.29) is 46.7 Å². The molecule has 9 nitrogen and oxygen atoms in total. The van der Waals surface area contributed by atoms with Crippen LogP contribution in [0, 0.1) is 42.4 Å². The second-order valence-electron chi connectivity index (χ2n) is 11.6. The van der Waals surface area contributed by atoms with Crippen LogP contribution in [-0.2, 0) is 9.59 Å². The topological polar surface area (TPSA) is 110 Å². The predicted octanol–water partition coefficient (Wildman–Crippen LogP) is 3.77. The molecule has 10 heteroatoms. The molecule has 0 N–H and O–H groups in total. The standard InChI is InChI=1S/C29H30N6O3S/c1-14-13-33(6)9-10-34(14)26(36)18-12-32-19(11-30)20(15(18)2)17-7-8-31-23-24(16(3)39-25(17)23)35-27(37)21-22(28(35)38)29(21,4)5/h7-8,12,14,21-22H,9-10,13H2,1-6H3/t14-,21?,22?/m0/s1. The van der Waals surface area contributed by atoms with E-state index in [1.54, 1.807) is 6.20 Å². The maximum atomic E-state index is 13.7. The summed E-state index contributed by atoms with van der Waals surface area (Å²) in [6, 6.07) is 4.06. The maximum Gasteiger partial charge on any atom is 0.256 e. The van der Waals surface area contributed by atoms with Gasteiger partial charge >= 0.3 is 0 Å². The van der Waals surface area contributed by atoms with Crippen LogP contribution in [-0.4, -0.2) is 70.2 Å². The number of piperazine rings is 1. The highest BCUT2D eigenvalue weighted by molar-refractivity contribution is 7.20. The Labute approximate surface area is 231 Å². The normalized spacial score (nSPS) is 24.3. The van der Waals surface area contributed by atoms with Crippen molar-refractivity contribution in [3.63, 3.8) is 0 Å². The van der Waals surface area contributed by atoms with E-state index in [0.29, 0.717) is 40.0 Å². The van der Waals surface area contributed by atoms with E-state index in [4.69, 9.17) is 0 Å². The van der Waals surface area contributed by atoms with Gasteiger partial charge in [0.25, 0.3) is 5.91 Å². The molecule has 0 radical (unpaired) electrons. The monoisotopic (exact) mass is 542 g/mol. The Morgan fingerprint density at radius 2 is 1.85 bits per heavy atom. The van der Waals surface area contributed by atoms with Gasteiger partial charge in [-0.1, -0.05) is 13.8 Å². The third kappa shape index (κ3) is 3.56. The number of carbonyl (C=O) groups is 3. The lowest BCUT2D eigenvalue weighted by Gasteiger charge is -2.38. The fourth-order valence-electron chi connectivity index (χ4n) is 6.54. The predicted molar refractivity (Wildman–Crippen MR) is 148 cm³/mol. The van der Waals surface area contributed by atoms with Crippen molar-refractivity contribution in [3.8, 4) is 17.2 Å². The van der Waals surface area contributed by atoms with Gasteiger partial charge in [0.15, 0.2) is 0 Å². The fourth-order valence-corrected chi connectivity index (χ4v) is 7.66. The number of aryl methyl sites for hydroxylation is 1. The van der Waals surface area contributed by atoms with Gasteiger partial charge in [-0.05, 0) is 44.9 Å². The second kappa shape index (κ2) is 8.66. The number of imide groups is 1. The summed E-state index contributed by atoms with van der Waals surface area (Å²) in [5, 5.41) is 9.99. The van der Waals surface area contributed by atoms with Crippen molar-refractivity contribution < 1.29 is 14.4 Å². The van der Waals surface area contributed by atoms with Crippen molar-refractivity contribution in [2.24, 2.45) is 17.3 Å². The lowest BCUT2D eigenvalue weighted by molar-refractivity contribution is -0.125. The van der Waals surface area contributed by atoms with Gasteiger partial charge in [0, 0.05) is 54.1 Å². The van der Waals surface area contributed by atoms with Gasteiger partial charge < -0.3 is 9.80 Å². The van der Waals surface area contributed by atoms with Gasteiger partial charge in [-0.3, -0.25) is 19.4 Å². The van der Waals surface area contributed by atoms with E-state index < -0.39 is 0 Å². The summed E-state index contributed by atoms with van der Waals surface area (Å²) >= 11 is 1.43. The summed E-state index contributed by atoms with van der Waals surface area (Å²) in [5.74, 6) is -1.03. The highest BCUT2D eigenvalue weighted by Crippen LogP contribution is 2.64. The Kier molecular flexibility index (Phi) is 5.68. The average Bonchev–Trinajstić information content (AvgIpc) is 3.14. The third-order valence-electron chi connectivity index (χ3n) is 8.78. The van der Waals surface area contributed by atoms with Crippen LogP contribution >= 0.6 is 11.3 Å². The molecule has 3 aliphatic rings. The highest BCUT2D eigenvalue weighted by Gasteiger charge is 2.73. The first-order valence-electron chi connectivity index (χ1n) is 13.1. The smallest absolute Gasteiger partial charge is 0.256 e. The minimum Gasteiger partial charge on any atom is -0.333 e. The Hall–Kier alpha value is -3.68. The Morgan fingerprint density at radius 1 is 1.15 bits per heavy atom. The van der Waals surface area contributed by atoms with E-state index >= 15 is 0 Å². The van der Waals surface area contributed by atoms with E-state index in [9.17, 15) is 19.6 Å². The van der Waals surface area contributed by atoms with Crippen LogP contribution in [0.2, 0.25) is 0 Å². The van der Waals surface area contributed by atoms with Gasteiger partial charge in [0.05, 0.1) is 27.8 Å². The summed E-state index contributed by atoms with van der Waals surface area (Å²) in [4.78, 5) is 55.4. The molecule has 3 fully saturated rings. The highest BCUT2D eigenvalue weighted by atomic mass is 32.1.